The summed E-state index contributed by atoms with van der Waals surface area (Å²) in [6.45, 7) is 3.17. The van der Waals surface area contributed by atoms with Crippen LogP contribution in [0, 0.1) is 12.8 Å². The molecular formula is C13H17N3S. The van der Waals surface area contributed by atoms with E-state index >= 15 is 0 Å². The van der Waals surface area contributed by atoms with E-state index in [0.717, 1.165) is 29.5 Å². The molecule has 1 saturated heterocycles. The Morgan fingerprint density at radius 3 is 3.06 bits per heavy atom. The lowest BCUT2D eigenvalue weighted by Crippen LogP contribution is -2.17. The SMILES string of the molecule is Cc1nc2cccnc2n1CC1CCSCC1. The van der Waals surface area contributed by atoms with Gasteiger partial charge in [-0.25, -0.2) is 9.97 Å². The molecule has 3 heterocycles. The van der Waals surface area contributed by atoms with Gasteiger partial charge in [-0.2, -0.15) is 11.8 Å². The fourth-order valence-electron chi connectivity index (χ4n) is 2.48. The molecule has 90 valence electrons. The molecular weight excluding hydrogens is 230 g/mol. The fourth-order valence-corrected chi connectivity index (χ4v) is 3.68. The van der Waals surface area contributed by atoms with E-state index in [0.29, 0.717) is 0 Å². The smallest absolute Gasteiger partial charge is 0.159 e. The largest absolute Gasteiger partial charge is 0.313 e. The van der Waals surface area contributed by atoms with E-state index in [1.165, 1.54) is 24.3 Å². The molecule has 0 bridgehead atoms. The third-order valence-electron chi connectivity index (χ3n) is 3.48. The van der Waals surface area contributed by atoms with Gasteiger partial charge in [0.25, 0.3) is 0 Å². The minimum atomic E-state index is 0.800. The van der Waals surface area contributed by atoms with Crippen molar-refractivity contribution in [1.82, 2.24) is 14.5 Å². The summed E-state index contributed by atoms with van der Waals surface area (Å²) < 4.78 is 2.29. The number of pyridine rings is 1. The summed E-state index contributed by atoms with van der Waals surface area (Å²) in [5.74, 6) is 4.51. The van der Waals surface area contributed by atoms with Gasteiger partial charge >= 0.3 is 0 Å². The molecule has 0 unspecified atom stereocenters. The molecule has 3 rings (SSSR count). The standard InChI is InChI=1S/C13H17N3S/c1-10-15-12-3-2-6-14-13(12)16(10)9-11-4-7-17-8-5-11/h2-3,6,11H,4-5,7-9H2,1H3. The first-order valence-electron chi connectivity index (χ1n) is 6.20. The Balaban J connectivity index is 1.90. The molecule has 0 saturated carbocycles. The van der Waals surface area contributed by atoms with E-state index in [1.807, 2.05) is 18.3 Å². The molecule has 0 N–H and O–H groups in total. The highest BCUT2D eigenvalue weighted by molar-refractivity contribution is 7.99. The van der Waals surface area contributed by atoms with Crippen LogP contribution < -0.4 is 0 Å². The van der Waals surface area contributed by atoms with Crippen molar-refractivity contribution in [2.45, 2.75) is 26.3 Å². The van der Waals surface area contributed by atoms with Gasteiger partial charge < -0.3 is 4.57 Å². The van der Waals surface area contributed by atoms with Crippen molar-refractivity contribution < 1.29 is 0 Å². The van der Waals surface area contributed by atoms with Crippen LogP contribution in [0.5, 0.6) is 0 Å². The lowest BCUT2D eigenvalue weighted by atomic mass is 10.0. The first kappa shape index (κ1) is 11.1. The lowest BCUT2D eigenvalue weighted by molar-refractivity contribution is 0.417. The summed E-state index contributed by atoms with van der Waals surface area (Å²) in [5, 5.41) is 0. The molecule has 17 heavy (non-hydrogen) atoms. The molecule has 4 heteroatoms. The Kier molecular flexibility index (Phi) is 3.05. The Hall–Kier alpha value is -1.03. The second-order valence-corrected chi connectivity index (χ2v) is 5.90. The first-order valence-corrected chi connectivity index (χ1v) is 7.35. The third kappa shape index (κ3) is 2.18. The molecule has 1 fully saturated rings. The number of nitrogens with zero attached hydrogens (tertiary/aromatic N) is 3. The maximum atomic E-state index is 4.57. The Morgan fingerprint density at radius 2 is 2.24 bits per heavy atom. The maximum absolute atomic E-state index is 4.57. The first-order chi connectivity index (χ1) is 8.34. The van der Waals surface area contributed by atoms with Gasteiger partial charge in [0.1, 0.15) is 11.3 Å². The number of imidazole rings is 1. The molecule has 0 radical (unpaired) electrons. The average molecular weight is 247 g/mol. The zero-order valence-electron chi connectivity index (χ0n) is 10.1. The second-order valence-electron chi connectivity index (χ2n) is 4.67. The predicted octanol–water partition coefficient (Wildman–Crippen LogP) is 2.88. The fraction of sp³-hybridized carbons (Fsp3) is 0.538. The monoisotopic (exact) mass is 247 g/mol. The van der Waals surface area contributed by atoms with Gasteiger partial charge in [-0.15, -0.1) is 0 Å². The number of hydrogen-bond acceptors (Lipinski definition) is 3. The van der Waals surface area contributed by atoms with Gasteiger partial charge in [-0.3, -0.25) is 0 Å². The highest BCUT2D eigenvalue weighted by Crippen LogP contribution is 2.25. The molecule has 0 spiro atoms. The van der Waals surface area contributed by atoms with E-state index < -0.39 is 0 Å². The van der Waals surface area contributed by atoms with Crippen LogP contribution in [0.15, 0.2) is 18.3 Å². The minimum absolute atomic E-state index is 0.800. The van der Waals surface area contributed by atoms with Gasteiger partial charge in [0.2, 0.25) is 0 Å². The van der Waals surface area contributed by atoms with Crippen LogP contribution in [0.25, 0.3) is 11.2 Å². The summed E-state index contributed by atoms with van der Waals surface area (Å²) in [6.07, 6.45) is 4.52. The van der Waals surface area contributed by atoms with E-state index in [2.05, 4.69) is 33.2 Å². The van der Waals surface area contributed by atoms with E-state index in [1.54, 1.807) is 0 Å². The maximum Gasteiger partial charge on any atom is 0.159 e. The van der Waals surface area contributed by atoms with Crippen molar-refractivity contribution >= 4 is 22.9 Å². The highest BCUT2D eigenvalue weighted by Gasteiger charge is 2.17. The predicted molar refractivity (Wildman–Crippen MR) is 72.3 cm³/mol. The van der Waals surface area contributed by atoms with Crippen molar-refractivity contribution in [1.29, 1.82) is 0 Å². The summed E-state index contributed by atoms with van der Waals surface area (Å²) in [4.78, 5) is 9.04. The summed E-state index contributed by atoms with van der Waals surface area (Å²) in [6, 6.07) is 4.00. The van der Waals surface area contributed by atoms with Crippen molar-refractivity contribution in [3.05, 3.63) is 24.2 Å². The van der Waals surface area contributed by atoms with E-state index in [4.69, 9.17) is 0 Å². The molecule has 1 aliphatic rings. The Labute approximate surface area is 106 Å². The molecule has 0 atom stereocenters. The molecule has 1 aliphatic heterocycles. The number of hydrogen-bond donors (Lipinski definition) is 0. The van der Waals surface area contributed by atoms with Crippen molar-refractivity contribution in [2.75, 3.05) is 11.5 Å². The number of thioether (sulfide) groups is 1. The number of rotatable bonds is 2. The Bertz CT molecular complexity index is 514. The molecule has 0 aromatic carbocycles. The van der Waals surface area contributed by atoms with Crippen LogP contribution in [0.4, 0.5) is 0 Å². The van der Waals surface area contributed by atoms with Gasteiger partial charge in [-0.1, -0.05) is 0 Å². The summed E-state index contributed by atoms with van der Waals surface area (Å²) >= 11 is 2.08. The van der Waals surface area contributed by atoms with Gasteiger partial charge in [-0.05, 0) is 49.3 Å². The number of aryl methyl sites for hydroxylation is 1. The highest BCUT2D eigenvalue weighted by atomic mass is 32.2. The van der Waals surface area contributed by atoms with E-state index in [9.17, 15) is 0 Å². The van der Waals surface area contributed by atoms with Gasteiger partial charge in [0.05, 0.1) is 0 Å². The molecule has 2 aromatic heterocycles. The molecule has 0 amide bonds. The summed E-state index contributed by atoms with van der Waals surface area (Å²) in [5.41, 5.74) is 2.07. The van der Waals surface area contributed by atoms with E-state index in [-0.39, 0.29) is 0 Å². The molecule has 2 aromatic rings. The van der Waals surface area contributed by atoms with Crippen LogP contribution in [0.3, 0.4) is 0 Å². The quantitative estimate of drug-likeness (QED) is 0.817. The Morgan fingerprint density at radius 1 is 1.41 bits per heavy atom. The van der Waals surface area contributed by atoms with Gasteiger partial charge in [0.15, 0.2) is 5.65 Å². The van der Waals surface area contributed by atoms with Crippen LogP contribution >= 0.6 is 11.8 Å². The molecule has 3 nitrogen and oxygen atoms in total. The normalized spacial score (nSPS) is 17.7. The zero-order valence-corrected chi connectivity index (χ0v) is 10.9. The summed E-state index contributed by atoms with van der Waals surface area (Å²) in [7, 11) is 0. The number of aromatic nitrogens is 3. The van der Waals surface area contributed by atoms with Crippen molar-refractivity contribution in [3.63, 3.8) is 0 Å². The zero-order chi connectivity index (χ0) is 11.7. The van der Waals surface area contributed by atoms with Crippen LogP contribution in [0.1, 0.15) is 18.7 Å². The van der Waals surface area contributed by atoms with Crippen LogP contribution in [-0.2, 0) is 6.54 Å². The van der Waals surface area contributed by atoms with Crippen LogP contribution in [0.2, 0.25) is 0 Å². The topological polar surface area (TPSA) is 30.7 Å². The second kappa shape index (κ2) is 4.69. The number of fused-ring (bicyclic) bond motifs is 1. The van der Waals surface area contributed by atoms with Crippen LogP contribution in [-0.4, -0.2) is 26.0 Å². The molecule has 0 aliphatic carbocycles. The van der Waals surface area contributed by atoms with Gasteiger partial charge in [0, 0.05) is 12.7 Å². The average Bonchev–Trinajstić information content (AvgIpc) is 2.68. The lowest BCUT2D eigenvalue weighted by Gasteiger charge is -2.22. The van der Waals surface area contributed by atoms with Crippen molar-refractivity contribution in [2.24, 2.45) is 5.92 Å². The van der Waals surface area contributed by atoms with Crippen molar-refractivity contribution in [3.8, 4) is 0 Å². The third-order valence-corrected chi connectivity index (χ3v) is 4.53. The minimum Gasteiger partial charge on any atom is -0.313 e.